The summed E-state index contributed by atoms with van der Waals surface area (Å²) in [6.07, 6.45) is 6.47. The van der Waals surface area contributed by atoms with Crippen molar-refractivity contribution in [2.45, 2.75) is 36.3 Å². The van der Waals surface area contributed by atoms with E-state index in [0.29, 0.717) is 33.6 Å². The van der Waals surface area contributed by atoms with E-state index in [4.69, 9.17) is 5.73 Å². The van der Waals surface area contributed by atoms with Crippen LogP contribution in [-0.2, 0) is 20.0 Å². The van der Waals surface area contributed by atoms with E-state index in [9.17, 15) is 17.6 Å². The molecular weight excluding hydrogens is 467 g/mol. The molecule has 33 heavy (non-hydrogen) atoms. The second kappa shape index (κ2) is 9.10. The van der Waals surface area contributed by atoms with Crippen LogP contribution in [0.3, 0.4) is 0 Å². The summed E-state index contributed by atoms with van der Waals surface area (Å²) in [6.45, 7) is 0.486. The number of nitrogens with zero attached hydrogens (tertiary/aromatic N) is 4. The number of amides is 1. The minimum absolute atomic E-state index is 0.302. The highest BCUT2D eigenvalue weighted by atomic mass is 32.2. The number of pyridine rings is 1. The van der Waals surface area contributed by atoms with Gasteiger partial charge >= 0.3 is 0 Å². The molecule has 1 aliphatic rings. The maximum Gasteiger partial charge on any atom is 0.219 e. The molecule has 1 fully saturated rings. The molecule has 1 saturated carbocycles. The number of carbonyl (C=O) groups is 1. The fourth-order valence-corrected chi connectivity index (χ4v) is 6.36. The Morgan fingerprint density at radius 1 is 1.27 bits per heavy atom. The van der Waals surface area contributed by atoms with Gasteiger partial charge in [-0.05, 0) is 37.1 Å². The topological polar surface area (TPSA) is 141 Å². The van der Waals surface area contributed by atoms with Crippen molar-refractivity contribution in [3.63, 3.8) is 0 Å². The Morgan fingerprint density at radius 2 is 2.06 bits per heavy atom. The summed E-state index contributed by atoms with van der Waals surface area (Å²) in [6, 6.07) is 6.47. The van der Waals surface area contributed by atoms with Crippen LogP contribution in [0.15, 0.2) is 36.7 Å². The average Bonchev–Trinajstić information content (AvgIpc) is 3.21. The summed E-state index contributed by atoms with van der Waals surface area (Å²) < 4.78 is 38.4. The minimum Gasteiger partial charge on any atom is -0.370 e. The number of hydrogen-bond donors (Lipinski definition) is 2. The lowest BCUT2D eigenvalue weighted by molar-refractivity contribution is -0.118. The first-order valence-electron chi connectivity index (χ1n) is 10.3. The van der Waals surface area contributed by atoms with E-state index in [1.54, 1.807) is 24.4 Å². The fraction of sp³-hybridized carbons (Fsp3) is 0.381. The molecule has 0 bridgehead atoms. The molecule has 1 aliphatic carbocycles. The van der Waals surface area contributed by atoms with Gasteiger partial charge in [-0.15, -0.1) is 21.5 Å². The number of hydrogen-bond acceptors (Lipinski definition) is 9. The highest BCUT2D eigenvalue weighted by Gasteiger charge is 2.41. The number of sulfone groups is 1. The van der Waals surface area contributed by atoms with Gasteiger partial charge in [0.2, 0.25) is 5.91 Å². The van der Waals surface area contributed by atoms with Crippen molar-refractivity contribution in [2.75, 3.05) is 18.1 Å². The first kappa shape index (κ1) is 23.2. The van der Waals surface area contributed by atoms with E-state index in [0.717, 1.165) is 36.9 Å². The summed E-state index contributed by atoms with van der Waals surface area (Å²) >= 11 is 1.13. The monoisotopic (exact) mass is 490 g/mol. The average molecular weight is 491 g/mol. The Morgan fingerprint density at radius 3 is 2.64 bits per heavy atom. The zero-order valence-electron chi connectivity index (χ0n) is 17.9. The smallest absolute Gasteiger partial charge is 0.219 e. The molecule has 0 saturated heterocycles. The third-order valence-corrected chi connectivity index (χ3v) is 8.54. The zero-order chi connectivity index (χ0) is 23.6. The van der Waals surface area contributed by atoms with Gasteiger partial charge in [-0.25, -0.2) is 17.8 Å². The number of carbonyl (C=O) groups excluding carboxylic acids is 1. The maximum absolute atomic E-state index is 14.3. The Hall–Kier alpha value is -2.99. The fourth-order valence-electron chi connectivity index (χ4n) is 3.88. The summed E-state index contributed by atoms with van der Waals surface area (Å²) in [4.78, 5) is 20.2. The Balaban J connectivity index is 1.47. The summed E-state index contributed by atoms with van der Waals surface area (Å²) in [7, 11) is -3.54. The van der Waals surface area contributed by atoms with Crippen molar-refractivity contribution in [1.29, 1.82) is 0 Å². The number of thiazole rings is 1. The van der Waals surface area contributed by atoms with Crippen molar-refractivity contribution in [2.24, 2.45) is 5.73 Å². The molecule has 1 unspecified atom stereocenters. The molecule has 12 heteroatoms. The minimum atomic E-state index is -3.54. The van der Waals surface area contributed by atoms with Crippen molar-refractivity contribution in [3.8, 4) is 10.7 Å². The van der Waals surface area contributed by atoms with Crippen molar-refractivity contribution in [1.82, 2.24) is 20.2 Å². The largest absolute Gasteiger partial charge is 0.370 e. The van der Waals surface area contributed by atoms with Crippen LogP contribution in [0.4, 0.5) is 10.2 Å². The standard InChI is InChI=1S/C21H23FN6O3S2/c1-33(30,31)16(10-17(23)29)15-11-25-20(32-15)14-5-6-18(28-27-14)26-12-21(7-3-8-21)19-13(22)4-2-9-24-19/h2,4-6,9,11,16H,3,7-8,10,12H2,1H3,(H2,23,29)(H,26,28). The van der Waals surface area contributed by atoms with Crippen molar-refractivity contribution in [3.05, 3.63) is 53.0 Å². The number of rotatable bonds is 9. The third-order valence-electron chi connectivity index (χ3n) is 5.81. The van der Waals surface area contributed by atoms with Crippen LogP contribution in [0.5, 0.6) is 0 Å². The van der Waals surface area contributed by atoms with E-state index in [1.165, 1.54) is 12.3 Å². The predicted octanol–water partition coefficient (Wildman–Crippen LogP) is 2.63. The van der Waals surface area contributed by atoms with E-state index in [2.05, 4.69) is 25.5 Å². The van der Waals surface area contributed by atoms with E-state index < -0.39 is 21.0 Å². The van der Waals surface area contributed by atoms with Gasteiger partial charge in [0, 0.05) is 41.9 Å². The van der Waals surface area contributed by atoms with Crippen LogP contribution in [0.25, 0.3) is 10.7 Å². The molecule has 0 aliphatic heterocycles. The molecule has 3 aromatic rings. The van der Waals surface area contributed by atoms with E-state index in [-0.39, 0.29) is 17.7 Å². The summed E-state index contributed by atoms with van der Waals surface area (Å²) in [5.41, 5.74) is 5.79. The van der Waals surface area contributed by atoms with Gasteiger partial charge in [0.05, 0.1) is 5.69 Å². The summed E-state index contributed by atoms with van der Waals surface area (Å²) in [5.74, 6) is -0.477. The SMILES string of the molecule is CS(=O)(=O)C(CC(N)=O)c1cnc(-c2ccc(NCC3(c4ncccc4F)CCC3)nn2)s1. The molecule has 1 atom stereocenters. The van der Waals surface area contributed by atoms with E-state index >= 15 is 0 Å². The van der Waals surface area contributed by atoms with Crippen LogP contribution in [0, 0.1) is 5.82 Å². The highest BCUT2D eigenvalue weighted by molar-refractivity contribution is 7.91. The molecule has 0 aromatic carbocycles. The normalized spacial score (nSPS) is 16.1. The number of aromatic nitrogens is 4. The second-order valence-corrected chi connectivity index (χ2v) is 11.5. The second-order valence-electron chi connectivity index (χ2n) is 8.18. The van der Waals surface area contributed by atoms with Crippen LogP contribution in [0.2, 0.25) is 0 Å². The Labute approximate surface area is 194 Å². The van der Waals surface area contributed by atoms with Gasteiger partial charge in [-0.2, -0.15) is 0 Å². The molecule has 3 heterocycles. The quantitative estimate of drug-likeness (QED) is 0.466. The lowest BCUT2D eigenvalue weighted by atomic mass is 9.66. The molecule has 174 valence electrons. The number of halogens is 1. The molecule has 0 radical (unpaired) electrons. The molecule has 3 N–H and O–H groups in total. The number of primary amides is 1. The predicted molar refractivity (Wildman–Crippen MR) is 123 cm³/mol. The van der Waals surface area contributed by atoms with E-state index in [1.807, 2.05) is 0 Å². The molecule has 1 amide bonds. The van der Waals surface area contributed by atoms with Crippen LogP contribution in [0.1, 0.15) is 41.5 Å². The van der Waals surface area contributed by atoms with Crippen LogP contribution >= 0.6 is 11.3 Å². The van der Waals surface area contributed by atoms with Gasteiger partial charge in [0.1, 0.15) is 27.6 Å². The van der Waals surface area contributed by atoms with Gasteiger partial charge in [-0.3, -0.25) is 9.78 Å². The Kier molecular flexibility index (Phi) is 6.39. The van der Waals surface area contributed by atoms with Gasteiger partial charge in [-0.1, -0.05) is 6.42 Å². The molecule has 0 spiro atoms. The summed E-state index contributed by atoms with van der Waals surface area (Å²) in [5, 5.41) is 11.0. The lowest BCUT2D eigenvalue weighted by Gasteiger charge is -2.41. The number of anilines is 1. The molecule has 4 rings (SSSR count). The van der Waals surface area contributed by atoms with Crippen LogP contribution < -0.4 is 11.1 Å². The van der Waals surface area contributed by atoms with Crippen molar-refractivity contribution >= 4 is 32.9 Å². The van der Waals surface area contributed by atoms with Gasteiger partial charge < -0.3 is 11.1 Å². The molecular formula is C21H23FN6O3S2. The third kappa shape index (κ3) is 5.01. The molecule has 3 aromatic heterocycles. The molecule has 9 nitrogen and oxygen atoms in total. The number of nitrogens with one attached hydrogen (secondary N) is 1. The van der Waals surface area contributed by atoms with Gasteiger partial charge in [0.15, 0.2) is 9.84 Å². The first-order valence-corrected chi connectivity index (χ1v) is 13.1. The number of nitrogens with two attached hydrogens (primary N) is 1. The first-order chi connectivity index (χ1) is 15.7. The zero-order valence-corrected chi connectivity index (χ0v) is 19.5. The maximum atomic E-state index is 14.3. The lowest BCUT2D eigenvalue weighted by Crippen LogP contribution is -2.42. The Bertz CT molecular complexity index is 1260. The van der Waals surface area contributed by atoms with Gasteiger partial charge in [0.25, 0.3) is 0 Å². The van der Waals surface area contributed by atoms with Crippen molar-refractivity contribution < 1.29 is 17.6 Å². The highest BCUT2D eigenvalue weighted by Crippen LogP contribution is 2.43. The van der Waals surface area contributed by atoms with Crippen LogP contribution in [-0.4, -0.2) is 47.3 Å².